The second-order valence-electron chi connectivity index (χ2n) is 5.64. The third-order valence-electron chi connectivity index (χ3n) is 3.09. The molecule has 0 aromatic carbocycles. The summed E-state index contributed by atoms with van der Waals surface area (Å²) in [5.41, 5.74) is 0. The van der Waals surface area contributed by atoms with Gasteiger partial charge in [-0.15, -0.1) is 6.54 Å². The van der Waals surface area contributed by atoms with Crippen LogP contribution in [0.2, 0.25) is 0 Å². The molecule has 0 atom stereocenters. The van der Waals surface area contributed by atoms with Crippen LogP contribution in [0.3, 0.4) is 0 Å². The molecule has 0 aromatic heterocycles. The molecule has 1 N–H and O–H groups in total. The molecular formula is C16H31N3O4STaTm-2. The Bertz CT molecular complexity index is 353. The van der Waals surface area contributed by atoms with E-state index >= 15 is 0 Å². The summed E-state index contributed by atoms with van der Waals surface area (Å²) in [4.78, 5) is 34.9. The number of carbonyl (C=O) groups is 3. The van der Waals surface area contributed by atoms with Crippen LogP contribution in [0.15, 0.2) is 0 Å². The smallest absolute Gasteiger partial charge is 0.305 e. The molecular weight excluding hydrogens is 680 g/mol. The Morgan fingerprint density at radius 2 is 1.65 bits per heavy atom. The van der Waals surface area contributed by atoms with Crippen molar-refractivity contribution in [2.45, 2.75) is 38.5 Å². The second kappa shape index (κ2) is 25.7. The third kappa shape index (κ3) is 29.5. The molecule has 0 aliphatic heterocycles. The van der Waals surface area contributed by atoms with Crippen molar-refractivity contribution < 1.29 is 78.7 Å². The van der Waals surface area contributed by atoms with Crippen LogP contribution in [0.4, 0.5) is 0 Å². The van der Waals surface area contributed by atoms with Gasteiger partial charge in [0.2, 0.25) is 5.91 Å². The summed E-state index contributed by atoms with van der Waals surface area (Å²) in [7, 11) is 5.64. The average Bonchev–Trinajstić information content (AvgIpc) is 2.53. The zero-order chi connectivity index (χ0) is 18.8. The first kappa shape index (κ1) is 34.2. The first-order chi connectivity index (χ1) is 11.3. The van der Waals surface area contributed by atoms with Crippen molar-refractivity contribution in [3.8, 4) is 0 Å². The summed E-state index contributed by atoms with van der Waals surface area (Å²) in [6, 6.07) is 0. The molecule has 0 bridgehead atoms. The number of amides is 2. The normalized spacial score (nSPS) is 9.12. The van der Waals surface area contributed by atoms with Crippen molar-refractivity contribution in [2.75, 3.05) is 46.5 Å². The van der Waals surface area contributed by atoms with Gasteiger partial charge in [0.25, 0.3) is 0 Å². The Balaban J connectivity index is -0.000000192. The Morgan fingerprint density at radius 3 is 2.12 bits per heavy atom. The van der Waals surface area contributed by atoms with Gasteiger partial charge in [0.15, 0.2) is 0 Å². The molecule has 0 unspecified atom stereocenters. The number of hydrogen-bond acceptors (Lipinski definition) is 5. The Hall–Kier alpha value is 0.694. The monoisotopic (exact) mass is 711 g/mol. The molecule has 0 saturated carbocycles. The van der Waals surface area contributed by atoms with Crippen molar-refractivity contribution in [3.63, 3.8) is 0 Å². The van der Waals surface area contributed by atoms with Crippen LogP contribution in [0.25, 0.3) is 5.32 Å². The first-order valence-electron chi connectivity index (χ1n) is 8.14. The summed E-state index contributed by atoms with van der Waals surface area (Å²) in [5, 5.41) is 12.0. The molecule has 10 heteroatoms. The molecule has 160 valence electrons. The standard InChI is InChI=1S/C10H19NO3S.C6H14N2O.Ta.Tm/c1-11(7-6-10(13)14)9(12)5-3-2-4-8-15;1-8(2)5-3-4-7-6-9;;/h15H,2-8H2,1H3,(H,13,14);6H,3-5H2,1-2H3,(H,7,9);;/p-2. The maximum Gasteiger partial charge on any atom is 0.305 e. The van der Waals surface area contributed by atoms with E-state index in [-0.39, 0.29) is 78.1 Å². The van der Waals surface area contributed by atoms with Crippen LogP contribution in [0.5, 0.6) is 0 Å². The number of hydrogen-bond donors (Lipinski definition) is 1. The fourth-order valence-corrected chi connectivity index (χ4v) is 1.87. The van der Waals surface area contributed by atoms with Gasteiger partial charge >= 0.3 is 5.97 Å². The molecule has 26 heavy (non-hydrogen) atoms. The van der Waals surface area contributed by atoms with Gasteiger partial charge in [-0.05, 0) is 27.1 Å². The van der Waals surface area contributed by atoms with E-state index in [0.29, 0.717) is 19.4 Å². The van der Waals surface area contributed by atoms with Crippen LogP contribution in [-0.2, 0) is 49.4 Å². The maximum absolute atomic E-state index is 11.4. The molecule has 0 fully saturated rings. The second-order valence-corrected chi connectivity index (χ2v) is 6.05. The number of nitrogens with zero attached hydrogens (tertiary/aromatic N) is 3. The topological polar surface area (TPSA) is 92.0 Å². The molecule has 7 nitrogen and oxygen atoms in total. The molecule has 0 aromatic rings. The number of rotatable bonds is 13. The largest absolute Gasteiger partial charge is 0.793 e. The first-order valence-corrected chi connectivity index (χ1v) is 8.71. The zero-order valence-corrected chi connectivity index (χ0v) is 21.6. The Kier molecular flexibility index (Phi) is 33.8. The molecule has 0 saturated heterocycles. The predicted molar refractivity (Wildman–Crippen MR) is 98.1 cm³/mol. The van der Waals surface area contributed by atoms with Crippen molar-refractivity contribution >= 4 is 30.9 Å². The van der Waals surface area contributed by atoms with Crippen molar-refractivity contribution in [3.05, 3.63) is 5.32 Å². The summed E-state index contributed by atoms with van der Waals surface area (Å²) < 4.78 is 0. The van der Waals surface area contributed by atoms with E-state index in [2.05, 4.69) is 10.2 Å². The van der Waals surface area contributed by atoms with Crippen molar-refractivity contribution in [1.82, 2.24) is 9.80 Å². The van der Waals surface area contributed by atoms with Crippen LogP contribution < -0.4 is 0 Å². The minimum Gasteiger partial charge on any atom is -0.793 e. The van der Waals surface area contributed by atoms with E-state index in [1.165, 1.54) is 4.90 Å². The summed E-state index contributed by atoms with van der Waals surface area (Å²) >= 11 is 4.79. The average molecular weight is 711 g/mol. The fraction of sp³-hybridized carbons (Fsp3) is 0.812. The Morgan fingerprint density at radius 1 is 1.04 bits per heavy atom. The van der Waals surface area contributed by atoms with Gasteiger partial charge in [-0.25, -0.2) is 0 Å². The van der Waals surface area contributed by atoms with Gasteiger partial charge in [-0.2, -0.15) is 5.75 Å². The third-order valence-corrected chi connectivity index (χ3v) is 3.38. The fourth-order valence-electron chi connectivity index (χ4n) is 1.66. The number of carboxylic acids is 1. The summed E-state index contributed by atoms with van der Waals surface area (Å²) in [6.07, 6.45) is 4.86. The van der Waals surface area contributed by atoms with Gasteiger partial charge in [-0.1, -0.05) is 19.3 Å². The number of carbonyl (C=O) groups excluding carboxylic acids is 2. The SMILES string of the molecule is CN(C)CCC[N-]C=O.CN(CCC(=O)O)C(=O)CCCCC[S-].[Ta].[Tm]. The van der Waals surface area contributed by atoms with E-state index in [1.54, 1.807) is 7.05 Å². The van der Waals surface area contributed by atoms with Crippen LogP contribution in [0, 0.1) is 36.9 Å². The maximum atomic E-state index is 11.4. The molecule has 0 aliphatic carbocycles. The van der Waals surface area contributed by atoms with Crippen molar-refractivity contribution in [1.29, 1.82) is 0 Å². The van der Waals surface area contributed by atoms with Crippen LogP contribution in [0.1, 0.15) is 38.5 Å². The minimum atomic E-state index is -0.874. The molecule has 2 radical (unpaired) electrons. The van der Waals surface area contributed by atoms with Gasteiger partial charge in [0.1, 0.15) is 0 Å². The van der Waals surface area contributed by atoms with E-state index in [0.717, 1.165) is 38.0 Å². The Labute approximate surface area is 208 Å². The van der Waals surface area contributed by atoms with E-state index in [1.807, 2.05) is 14.1 Å². The van der Waals surface area contributed by atoms with E-state index in [9.17, 15) is 14.4 Å². The van der Waals surface area contributed by atoms with Gasteiger partial charge in [0, 0.05) is 85.7 Å². The number of aliphatic carboxylic acids is 1. The summed E-state index contributed by atoms with van der Waals surface area (Å²) in [6.45, 7) is 1.94. The minimum absolute atomic E-state index is 0. The quantitative estimate of drug-likeness (QED) is 0.177. The van der Waals surface area contributed by atoms with Crippen LogP contribution >= 0.6 is 0 Å². The summed E-state index contributed by atoms with van der Waals surface area (Å²) in [5.74, 6) is -0.121. The van der Waals surface area contributed by atoms with E-state index in [4.69, 9.17) is 17.7 Å². The van der Waals surface area contributed by atoms with Crippen molar-refractivity contribution in [2.24, 2.45) is 0 Å². The zero-order valence-electron chi connectivity index (χ0n) is 15.8. The van der Waals surface area contributed by atoms with Gasteiger partial charge < -0.3 is 37.6 Å². The number of carboxylic acid groups (broad SMARTS) is 1. The number of unbranched alkanes of at least 4 members (excludes halogenated alkanes) is 2. The van der Waals surface area contributed by atoms with Gasteiger partial charge in [0.05, 0.1) is 6.42 Å². The molecule has 0 spiro atoms. The molecule has 2 amide bonds. The molecule has 0 rings (SSSR count). The van der Waals surface area contributed by atoms with E-state index < -0.39 is 5.97 Å². The van der Waals surface area contributed by atoms with Crippen LogP contribution in [-0.4, -0.2) is 79.7 Å². The predicted octanol–water partition coefficient (Wildman–Crippen LogP) is 1.49. The molecule has 0 aliphatic rings. The molecule has 0 heterocycles. The van der Waals surface area contributed by atoms with Gasteiger partial charge in [-0.3, -0.25) is 9.59 Å².